The van der Waals surface area contributed by atoms with Crippen LogP contribution in [0.15, 0.2) is 0 Å². The fourth-order valence-electron chi connectivity index (χ4n) is 1.82. The lowest BCUT2D eigenvalue weighted by Crippen LogP contribution is -2.49. The van der Waals surface area contributed by atoms with E-state index in [4.69, 9.17) is 5.11 Å². The van der Waals surface area contributed by atoms with Crippen molar-refractivity contribution in [1.29, 1.82) is 0 Å². The van der Waals surface area contributed by atoms with Gasteiger partial charge in [-0.2, -0.15) is 13.2 Å². The summed E-state index contributed by atoms with van der Waals surface area (Å²) < 4.78 is 36.3. The zero-order valence-electron chi connectivity index (χ0n) is 9.52. The topological polar surface area (TPSA) is 81.1 Å². The molecule has 1 fully saturated rings. The Balaban J connectivity index is 2.73. The van der Waals surface area contributed by atoms with Gasteiger partial charge < -0.3 is 20.0 Å². The van der Waals surface area contributed by atoms with E-state index < -0.39 is 36.9 Å². The van der Waals surface area contributed by atoms with E-state index in [0.29, 0.717) is 4.90 Å². The summed E-state index contributed by atoms with van der Waals surface area (Å²) in [5, 5.41) is 18.1. The molecule has 2 N–H and O–H groups in total. The SMILES string of the molecule is CN(CC(F)(F)F)C(=O)N1C[C@H](O)C[C@@H]1C(=O)O. The van der Waals surface area contributed by atoms with Crippen LogP contribution in [0.4, 0.5) is 18.0 Å². The fourth-order valence-corrected chi connectivity index (χ4v) is 1.82. The van der Waals surface area contributed by atoms with Gasteiger partial charge in [-0.1, -0.05) is 0 Å². The van der Waals surface area contributed by atoms with Crippen molar-refractivity contribution in [2.24, 2.45) is 0 Å². The number of urea groups is 1. The number of carbonyl (C=O) groups excluding carboxylic acids is 1. The molecule has 6 nitrogen and oxygen atoms in total. The maximum atomic E-state index is 12.1. The molecule has 104 valence electrons. The number of carboxylic acids is 1. The molecule has 9 heteroatoms. The maximum absolute atomic E-state index is 12.1. The van der Waals surface area contributed by atoms with E-state index in [0.717, 1.165) is 11.9 Å². The molecular formula is C9H13F3N2O4. The van der Waals surface area contributed by atoms with Gasteiger partial charge in [-0.15, -0.1) is 0 Å². The second-order valence-corrected chi connectivity index (χ2v) is 4.15. The van der Waals surface area contributed by atoms with Gasteiger partial charge in [0.1, 0.15) is 12.6 Å². The van der Waals surface area contributed by atoms with Crippen LogP contribution in [0.3, 0.4) is 0 Å². The third-order valence-electron chi connectivity index (χ3n) is 2.55. The van der Waals surface area contributed by atoms with E-state index in [9.17, 15) is 27.9 Å². The molecule has 2 atom stereocenters. The molecule has 1 aliphatic heterocycles. The Labute approximate surface area is 101 Å². The molecule has 0 aromatic rings. The first-order valence-electron chi connectivity index (χ1n) is 5.11. The van der Waals surface area contributed by atoms with Crippen LogP contribution in [0.5, 0.6) is 0 Å². The van der Waals surface area contributed by atoms with Gasteiger partial charge in [0.15, 0.2) is 0 Å². The second kappa shape index (κ2) is 5.01. The summed E-state index contributed by atoms with van der Waals surface area (Å²) >= 11 is 0. The maximum Gasteiger partial charge on any atom is 0.406 e. The molecule has 0 saturated carbocycles. The number of likely N-dealkylation sites (tertiary alicyclic amines) is 1. The Kier molecular flexibility index (Phi) is 4.05. The fraction of sp³-hybridized carbons (Fsp3) is 0.778. The van der Waals surface area contributed by atoms with Crippen LogP contribution in [-0.4, -0.2) is 70.5 Å². The molecule has 0 aliphatic carbocycles. The van der Waals surface area contributed by atoms with Gasteiger partial charge >= 0.3 is 18.2 Å². The van der Waals surface area contributed by atoms with Gasteiger partial charge in [-0.05, 0) is 0 Å². The predicted octanol–water partition coefficient (Wildman–Crippen LogP) is 0.120. The molecule has 1 rings (SSSR count). The third kappa shape index (κ3) is 3.49. The number of halogens is 3. The standard InChI is InChI=1S/C9H13F3N2O4/c1-13(4-9(10,11)12)8(18)14-3-5(15)2-6(14)7(16)17/h5-6,15H,2-4H2,1H3,(H,16,17)/t5-,6-/m1/s1. The van der Waals surface area contributed by atoms with Crippen LogP contribution < -0.4 is 0 Å². The second-order valence-electron chi connectivity index (χ2n) is 4.15. The van der Waals surface area contributed by atoms with Crippen molar-refractivity contribution in [3.05, 3.63) is 0 Å². The average molecular weight is 270 g/mol. The first-order valence-corrected chi connectivity index (χ1v) is 5.11. The summed E-state index contributed by atoms with van der Waals surface area (Å²) in [7, 11) is 0.930. The van der Waals surface area contributed by atoms with E-state index in [2.05, 4.69) is 0 Å². The summed E-state index contributed by atoms with van der Waals surface area (Å²) in [6.07, 6.45) is -5.77. The molecule has 0 spiro atoms. The van der Waals surface area contributed by atoms with E-state index >= 15 is 0 Å². The Morgan fingerprint density at radius 1 is 1.44 bits per heavy atom. The third-order valence-corrected chi connectivity index (χ3v) is 2.55. The first kappa shape index (κ1) is 14.6. The van der Waals surface area contributed by atoms with Gasteiger partial charge in [0.2, 0.25) is 0 Å². The zero-order valence-corrected chi connectivity index (χ0v) is 9.52. The summed E-state index contributed by atoms with van der Waals surface area (Å²) in [5.41, 5.74) is 0. The number of carbonyl (C=O) groups is 2. The minimum Gasteiger partial charge on any atom is -0.480 e. The number of nitrogens with zero attached hydrogens (tertiary/aromatic N) is 2. The van der Waals surface area contributed by atoms with E-state index in [-0.39, 0.29) is 13.0 Å². The lowest BCUT2D eigenvalue weighted by atomic mass is 10.2. The lowest BCUT2D eigenvalue weighted by Gasteiger charge is -2.27. The number of carboxylic acid groups (broad SMARTS) is 1. The van der Waals surface area contributed by atoms with Gasteiger partial charge in [0.25, 0.3) is 0 Å². The summed E-state index contributed by atoms with van der Waals surface area (Å²) in [6, 6.07) is -2.35. The van der Waals surface area contributed by atoms with Crippen LogP contribution in [0.1, 0.15) is 6.42 Å². The van der Waals surface area contributed by atoms with Crippen LogP contribution in [0, 0.1) is 0 Å². The van der Waals surface area contributed by atoms with Crippen molar-refractivity contribution in [1.82, 2.24) is 9.80 Å². The Hall–Kier alpha value is -1.51. The molecule has 2 amide bonds. The van der Waals surface area contributed by atoms with Crippen molar-refractivity contribution in [2.45, 2.75) is 24.7 Å². The summed E-state index contributed by atoms with van der Waals surface area (Å²) in [6.45, 7) is -1.75. The van der Waals surface area contributed by atoms with Crippen molar-refractivity contribution < 1.29 is 33.0 Å². The number of rotatable bonds is 2. The van der Waals surface area contributed by atoms with E-state index in [1.807, 2.05) is 0 Å². The zero-order chi connectivity index (χ0) is 14.1. The van der Waals surface area contributed by atoms with E-state index in [1.165, 1.54) is 0 Å². The number of aliphatic hydroxyl groups is 1. The highest BCUT2D eigenvalue weighted by Gasteiger charge is 2.41. The number of aliphatic carboxylic acids is 1. The molecule has 0 aromatic carbocycles. The molecular weight excluding hydrogens is 257 g/mol. The van der Waals surface area contributed by atoms with E-state index in [1.54, 1.807) is 0 Å². The Morgan fingerprint density at radius 2 is 2.00 bits per heavy atom. The highest BCUT2D eigenvalue weighted by atomic mass is 19.4. The minimum atomic E-state index is -4.55. The van der Waals surface area contributed by atoms with Gasteiger partial charge in [0, 0.05) is 20.0 Å². The number of hydrogen-bond donors (Lipinski definition) is 2. The minimum absolute atomic E-state index is 0.180. The van der Waals surface area contributed by atoms with Crippen LogP contribution in [0.25, 0.3) is 0 Å². The normalized spacial score (nSPS) is 24.2. The van der Waals surface area contributed by atoms with Crippen LogP contribution >= 0.6 is 0 Å². The van der Waals surface area contributed by atoms with Crippen molar-refractivity contribution in [2.75, 3.05) is 20.1 Å². The van der Waals surface area contributed by atoms with Gasteiger partial charge in [-0.25, -0.2) is 9.59 Å². The number of alkyl halides is 3. The monoisotopic (exact) mass is 270 g/mol. The molecule has 1 aliphatic rings. The quantitative estimate of drug-likeness (QED) is 0.746. The molecule has 1 saturated heterocycles. The molecule has 18 heavy (non-hydrogen) atoms. The molecule has 0 unspecified atom stereocenters. The first-order chi connectivity index (χ1) is 8.11. The Morgan fingerprint density at radius 3 is 2.44 bits per heavy atom. The summed E-state index contributed by atoms with van der Waals surface area (Å²) in [4.78, 5) is 23.6. The summed E-state index contributed by atoms with van der Waals surface area (Å²) in [5.74, 6) is -1.35. The Bertz CT molecular complexity index is 347. The lowest BCUT2D eigenvalue weighted by molar-refractivity contribution is -0.142. The highest BCUT2D eigenvalue weighted by Crippen LogP contribution is 2.22. The number of β-amino-alcohol motifs (C(OH)–C–C–N with tert-alkyl or cyclic N) is 1. The van der Waals surface area contributed by atoms with Crippen LogP contribution in [0.2, 0.25) is 0 Å². The molecule has 0 aromatic heterocycles. The van der Waals surface area contributed by atoms with Crippen LogP contribution in [-0.2, 0) is 4.79 Å². The average Bonchev–Trinajstić information content (AvgIpc) is 2.56. The largest absolute Gasteiger partial charge is 0.480 e. The van der Waals surface area contributed by atoms with Gasteiger partial charge in [-0.3, -0.25) is 0 Å². The molecule has 0 radical (unpaired) electrons. The van der Waals surface area contributed by atoms with Gasteiger partial charge in [0.05, 0.1) is 6.10 Å². The van der Waals surface area contributed by atoms with Crippen molar-refractivity contribution in [3.63, 3.8) is 0 Å². The highest BCUT2D eigenvalue weighted by molar-refractivity contribution is 5.83. The molecule has 0 bridgehead atoms. The predicted molar refractivity (Wildman–Crippen MR) is 52.8 cm³/mol. The smallest absolute Gasteiger partial charge is 0.406 e. The number of aliphatic hydroxyl groups excluding tert-OH is 1. The number of amides is 2. The van der Waals surface area contributed by atoms with Crippen molar-refractivity contribution in [3.8, 4) is 0 Å². The molecule has 1 heterocycles. The van der Waals surface area contributed by atoms with Crippen molar-refractivity contribution >= 4 is 12.0 Å². The number of hydrogen-bond acceptors (Lipinski definition) is 3.